The van der Waals surface area contributed by atoms with Gasteiger partial charge in [0.15, 0.2) is 0 Å². The van der Waals surface area contributed by atoms with Gasteiger partial charge in [-0.2, -0.15) is 13.5 Å². The van der Waals surface area contributed by atoms with Crippen molar-refractivity contribution in [3.05, 3.63) is 42.0 Å². The molecule has 18 heavy (non-hydrogen) atoms. The Bertz CT molecular complexity index is 566. The zero-order valence-corrected chi connectivity index (χ0v) is 11.3. The molecule has 0 unspecified atom stereocenters. The fraction of sp³-hybridized carbons (Fsp3) is 0.214. The van der Waals surface area contributed by atoms with E-state index in [9.17, 15) is 4.79 Å². The second-order valence-corrected chi connectivity index (χ2v) is 4.03. The van der Waals surface area contributed by atoms with Gasteiger partial charge in [-0.1, -0.05) is 24.3 Å². The van der Waals surface area contributed by atoms with E-state index in [0.29, 0.717) is 0 Å². The van der Waals surface area contributed by atoms with Crippen LogP contribution in [0.25, 0.3) is 10.8 Å². The molecule has 0 amide bonds. The van der Waals surface area contributed by atoms with E-state index in [1.54, 1.807) is 14.0 Å². The summed E-state index contributed by atoms with van der Waals surface area (Å²) in [5, 5.41) is 11.0. The molecule has 0 radical (unpaired) electrons. The van der Waals surface area contributed by atoms with Gasteiger partial charge in [-0.3, -0.25) is 4.79 Å². The van der Waals surface area contributed by atoms with E-state index in [4.69, 9.17) is 9.84 Å². The first-order valence-electron chi connectivity index (χ1n) is 5.42. The molecule has 0 saturated carbocycles. The number of carboxylic acids is 1. The summed E-state index contributed by atoms with van der Waals surface area (Å²) < 4.78 is 5.14. The predicted octanol–water partition coefficient (Wildman–Crippen LogP) is 3.15. The highest BCUT2D eigenvalue weighted by atomic mass is 32.1. The largest absolute Gasteiger partial charge is 0.497 e. The zero-order valence-electron chi connectivity index (χ0n) is 10.3. The fourth-order valence-corrected chi connectivity index (χ4v) is 1.78. The Morgan fingerprint density at radius 1 is 1.17 bits per heavy atom. The van der Waals surface area contributed by atoms with Crippen molar-refractivity contribution in [3.63, 3.8) is 0 Å². The quantitative estimate of drug-likeness (QED) is 0.926. The Morgan fingerprint density at radius 2 is 1.78 bits per heavy atom. The fourth-order valence-electron chi connectivity index (χ4n) is 1.78. The van der Waals surface area contributed by atoms with Crippen molar-refractivity contribution in [2.24, 2.45) is 0 Å². The maximum Gasteiger partial charge on any atom is 0.310 e. The molecule has 0 aliphatic carbocycles. The second kappa shape index (κ2) is 5.78. The SMILES string of the molecule is COc1ccc2cc([C@H](C)C(=O)O)ccc2c1.S. The molecule has 0 bridgehead atoms. The molecule has 0 spiro atoms. The van der Waals surface area contributed by atoms with Gasteiger partial charge in [0.2, 0.25) is 0 Å². The first-order valence-corrected chi connectivity index (χ1v) is 5.42. The van der Waals surface area contributed by atoms with Crippen LogP contribution in [0.3, 0.4) is 0 Å². The van der Waals surface area contributed by atoms with E-state index in [0.717, 1.165) is 22.1 Å². The highest BCUT2D eigenvalue weighted by Crippen LogP contribution is 2.25. The van der Waals surface area contributed by atoms with E-state index in [-0.39, 0.29) is 13.5 Å². The molecule has 1 atom stereocenters. The summed E-state index contributed by atoms with van der Waals surface area (Å²) in [7, 11) is 1.63. The number of carbonyl (C=O) groups is 1. The van der Waals surface area contributed by atoms with Crippen molar-refractivity contribution >= 4 is 30.2 Å². The minimum absolute atomic E-state index is 0. The number of carboxylic acid groups (broad SMARTS) is 1. The molecule has 1 N–H and O–H groups in total. The van der Waals surface area contributed by atoms with Crippen LogP contribution in [0.15, 0.2) is 36.4 Å². The minimum atomic E-state index is -0.808. The van der Waals surface area contributed by atoms with Crippen molar-refractivity contribution in [2.45, 2.75) is 12.8 Å². The van der Waals surface area contributed by atoms with Gasteiger partial charge in [0.1, 0.15) is 5.75 Å². The number of fused-ring (bicyclic) bond motifs is 1. The lowest BCUT2D eigenvalue weighted by Crippen LogP contribution is -2.06. The number of hydrogen-bond donors (Lipinski definition) is 1. The smallest absolute Gasteiger partial charge is 0.310 e. The number of ether oxygens (including phenoxy) is 1. The summed E-state index contributed by atoms with van der Waals surface area (Å²) in [5.74, 6) is -0.490. The van der Waals surface area contributed by atoms with Crippen molar-refractivity contribution < 1.29 is 14.6 Å². The summed E-state index contributed by atoms with van der Waals surface area (Å²) in [6.07, 6.45) is 0. The van der Waals surface area contributed by atoms with Crippen LogP contribution in [0.5, 0.6) is 5.75 Å². The lowest BCUT2D eigenvalue weighted by Gasteiger charge is -2.08. The van der Waals surface area contributed by atoms with Gasteiger partial charge in [-0.15, -0.1) is 0 Å². The first kappa shape index (κ1) is 14.4. The lowest BCUT2D eigenvalue weighted by atomic mass is 9.98. The zero-order chi connectivity index (χ0) is 12.4. The van der Waals surface area contributed by atoms with Crippen LogP contribution in [-0.4, -0.2) is 18.2 Å². The van der Waals surface area contributed by atoms with E-state index in [1.807, 2.05) is 36.4 Å². The summed E-state index contributed by atoms with van der Waals surface area (Å²) in [4.78, 5) is 10.9. The molecule has 0 aliphatic rings. The van der Waals surface area contributed by atoms with Gasteiger partial charge in [0.25, 0.3) is 0 Å². The van der Waals surface area contributed by atoms with Crippen molar-refractivity contribution in [3.8, 4) is 5.75 Å². The van der Waals surface area contributed by atoms with E-state index in [2.05, 4.69) is 0 Å². The van der Waals surface area contributed by atoms with Crippen LogP contribution < -0.4 is 4.74 Å². The van der Waals surface area contributed by atoms with Crippen molar-refractivity contribution in [1.82, 2.24) is 0 Å². The van der Waals surface area contributed by atoms with Crippen molar-refractivity contribution in [1.29, 1.82) is 0 Å². The minimum Gasteiger partial charge on any atom is -0.497 e. The number of methoxy groups -OCH3 is 1. The molecule has 3 nitrogen and oxygen atoms in total. The maximum atomic E-state index is 10.9. The van der Waals surface area contributed by atoms with Gasteiger partial charge in [0, 0.05) is 0 Å². The molecule has 0 saturated heterocycles. The number of hydrogen-bond acceptors (Lipinski definition) is 2. The molecule has 0 fully saturated rings. The van der Waals surface area contributed by atoms with Gasteiger partial charge < -0.3 is 9.84 Å². The third kappa shape index (κ3) is 2.76. The Balaban J connectivity index is 0.00000162. The number of aliphatic carboxylic acids is 1. The third-order valence-electron chi connectivity index (χ3n) is 2.94. The van der Waals surface area contributed by atoms with E-state index >= 15 is 0 Å². The van der Waals surface area contributed by atoms with Gasteiger partial charge >= 0.3 is 5.97 Å². The maximum absolute atomic E-state index is 10.9. The highest BCUT2D eigenvalue weighted by Gasteiger charge is 2.13. The van der Waals surface area contributed by atoms with Gasteiger partial charge in [-0.05, 0) is 35.4 Å². The predicted molar refractivity (Wildman–Crippen MR) is 76.9 cm³/mol. The lowest BCUT2D eigenvalue weighted by molar-refractivity contribution is -0.138. The van der Waals surface area contributed by atoms with Crippen molar-refractivity contribution in [2.75, 3.05) is 7.11 Å². The second-order valence-electron chi connectivity index (χ2n) is 4.03. The Kier molecular flexibility index (Phi) is 4.62. The first-order chi connectivity index (χ1) is 8.11. The topological polar surface area (TPSA) is 46.5 Å². The van der Waals surface area contributed by atoms with E-state index in [1.165, 1.54) is 0 Å². The molecule has 0 heterocycles. The Morgan fingerprint density at radius 3 is 2.39 bits per heavy atom. The van der Waals surface area contributed by atoms with Gasteiger partial charge in [0.05, 0.1) is 13.0 Å². The molecule has 0 aromatic heterocycles. The Hall–Kier alpha value is -1.68. The van der Waals surface area contributed by atoms with Crippen LogP contribution in [-0.2, 0) is 4.79 Å². The molecule has 96 valence electrons. The van der Waals surface area contributed by atoms with E-state index < -0.39 is 11.9 Å². The van der Waals surface area contributed by atoms with Gasteiger partial charge in [-0.25, -0.2) is 0 Å². The standard InChI is InChI=1S/C14H14O3.H2S/c1-9(14(15)16)10-3-4-12-8-13(17-2)6-5-11(12)7-10;/h3-9H,1-2H3,(H,15,16);1H2/t9-;/m0./s1. The summed E-state index contributed by atoms with van der Waals surface area (Å²) in [5.41, 5.74) is 0.815. The normalized spacial score (nSPS) is 11.7. The molecular formula is C14H16O3S. The molecular weight excluding hydrogens is 248 g/mol. The number of benzene rings is 2. The molecule has 2 aromatic carbocycles. The average Bonchev–Trinajstić information content (AvgIpc) is 2.36. The van der Waals surface area contributed by atoms with Crippen LogP contribution >= 0.6 is 13.5 Å². The molecule has 2 rings (SSSR count). The highest BCUT2D eigenvalue weighted by molar-refractivity contribution is 7.59. The summed E-state index contributed by atoms with van der Waals surface area (Å²) in [6, 6.07) is 11.4. The molecule has 2 aromatic rings. The van der Waals surface area contributed by atoms with Crippen LogP contribution in [0.1, 0.15) is 18.4 Å². The average molecular weight is 264 g/mol. The number of rotatable bonds is 3. The van der Waals surface area contributed by atoms with Crippen LogP contribution in [0, 0.1) is 0 Å². The van der Waals surface area contributed by atoms with Crippen LogP contribution in [0.4, 0.5) is 0 Å². The third-order valence-corrected chi connectivity index (χ3v) is 2.94. The summed E-state index contributed by atoms with van der Waals surface area (Å²) >= 11 is 0. The summed E-state index contributed by atoms with van der Waals surface area (Å²) in [6.45, 7) is 1.69. The molecule has 0 aliphatic heterocycles. The Labute approximate surface area is 113 Å². The monoisotopic (exact) mass is 264 g/mol. The van der Waals surface area contributed by atoms with Crippen LogP contribution in [0.2, 0.25) is 0 Å². The molecule has 4 heteroatoms.